The third-order valence-corrected chi connectivity index (χ3v) is 5.20. The van der Waals surface area contributed by atoms with Crippen LogP contribution in [0.3, 0.4) is 0 Å². The first-order valence-corrected chi connectivity index (χ1v) is 10.1. The Balaban J connectivity index is 2.10. The summed E-state index contributed by atoms with van der Waals surface area (Å²) < 4.78 is 64.3. The van der Waals surface area contributed by atoms with Gasteiger partial charge >= 0.3 is 12.1 Å². The molecule has 0 unspecified atom stereocenters. The number of benzene rings is 1. The second kappa shape index (κ2) is 9.37. The van der Waals surface area contributed by atoms with Crippen molar-refractivity contribution in [1.29, 1.82) is 0 Å². The second-order valence-corrected chi connectivity index (χ2v) is 7.67. The van der Waals surface area contributed by atoms with Crippen LogP contribution in [-0.2, 0) is 4.74 Å². The number of aromatic nitrogens is 3. The van der Waals surface area contributed by atoms with Gasteiger partial charge in [-0.2, -0.15) is 18.3 Å². The Morgan fingerprint density at radius 2 is 1.82 bits per heavy atom. The van der Waals surface area contributed by atoms with Gasteiger partial charge in [-0.1, -0.05) is 11.6 Å². The molecule has 0 aliphatic heterocycles. The Hall–Kier alpha value is -3.54. The van der Waals surface area contributed by atoms with E-state index in [4.69, 9.17) is 16.3 Å². The van der Waals surface area contributed by atoms with Gasteiger partial charge in [0.2, 0.25) is 0 Å². The number of carbonyl (C=O) groups excluding carboxylic acids is 2. The van der Waals surface area contributed by atoms with E-state index in [2.05, 4.69) is 25.2 Å². The van der Waals surface area contributed by atoms with Gasteiger partial charge in [0.05, 0.1) is 23.9 Å². The molecule has 0 aliphatic carbocycles. The lowest BCUT2D eigenvalue weighted by atomic mass is 10.1. The number of nitrogens with one attached hydrogen (secondary N) is 3. The quantitative estimate of drug-likeness (QED) is 0.318. The third-order valence-electron chi connectivity index (χ3n) is 4.93. The number of rotatable bonds is 6. The number of nitrogens with zero attached hydrogens (tertiary/aromatic N) is 1. The topological polar surface area (TPSA) is 109 Å². The molecule has 0 saturated heterocycles. The van der Waals surface area contributed by atoms with Crippen LogP contribution in [0.15, 0.2) is 18.2 Å². The summed E-state index contributed by atoms with van der Waals surface area (Å²) >= 11 is 5.90. The molecule has 2 aromatic heterocycles. The largest absolute Gasteiger partial charge is 0.480 e. The predicted molar refractivity (Wildman–Crippen MR) is 115 cm³/mol. The van der Waals surface area contributed by atoms with Crippen LogP contribution in [0.4, 0.5) is 23.2 Å². The van der Waals surface area contributed by atoms with E-state index in [1.165, 1.54) is 20.1 Å². The summed E-state index contributed by atoms with van der Waals surface area (Å²) in [5.74, 6) is -3.15. The number of esters is 1. The molecule has 0 saturated carbocycles. The van der Waals surface area contributed by atoms with Crippen molar-refractivity contribution in [1.82, 2.24) is 15.2 Å². The summed E-state index contributed by atoms with van der Waals surface area (Å²) in [6.07, 6.45) is -7.07. The van der Waals surface area contributed by atoms with Crippen LogP contribution in [-0.4, -0.2) is 46.4 Å². The fourth-order valence-electron chi connectivity index (χ4n) is 3.04. The van der Waals surface area contributed by atoms with Gasteiger partial charge in [-0.3, -0.25) is 9.89 Å². The number of hydrogen-bond acceptors (Lipinski definition) is 5. The van der Waals surface area contributed by atoms with Crippen molar-refractivity contribution in [2.75, 3.05) is 12.4 Å². The fraction of sp³-hybridized carbons (Fsp3) is 0.286. The number of ether oxygens (including phenoxy) is 2. The van der Waals surface area contributed by atoms with Crippen molar-refractivity contribution in [3.63, 3.8) is 0 Å². The predicted octanol–water partition coefficient (Wildman–Crippen LogP) is 5.18. The van der Waals surface area contributed by atoms with Crippen LogP contribution in [0, 0.1) is 19.7 Å². The van der Waals surface area contributed by atoms with Gasteiger partial charge in [0.1, 0.15) is 17.3 Å². The summed E-state index contributed by atoms with van der Waals surface area (Å²) in [7, 11) is 1.17. The van der Waals surface area contributed by atoms with Gasteiger partial charge in [0.15, 0.2) is 11.3 Å². The molecule has 1 aromatic carbocycles. The number of amides is 1. The summed E-state index contributed by atoms with van der Waals surface area (Å²) in [5, 5.41) is 8.53. The SMILES string of the molecule is COC(=O)c1cc(-c2cc(O[C@@H](C)C(F)(F)F)c(C(=O)Nc3c(Cl)n[nH]c3C)cc2F)[nH]c1C. The Morgan fingerprint density at radius 1 is 1.15 bits per heavy atom. The number of methoxy groups -OCH3 is 1. The first-order chi connectivity index (χ1) is 15.8. The standard InChI is InChI=1S/C21H19ClF4N4O4/c1-8-11(20(32)33-4)6-15(27-8)12-7-16(34-10(3)21(24,25)26)13(5-14(12)23)19(31)28-17-9(2)29-30-18(17)22/h5-7,10,27H,1-4H3,(H,28,31)(H,29,30)/t10-/m0/s1. The van der Waals surface area contributed by atoms with E-state index in [1.54, 1.807) is 6.92 Å². The number of H-pyrrole nitrogens is 2. The normalized spacial score (nSPS) is 12.4. The van der Waals surface area contributed by atoms with Crippen LogP contribution in [0.1, 0.15) is 39.0 Å². The van der Waals surface area contributed by atoms with E-state index in [0.717, 1.165) is 19.1 Å². The summed E-state index contributed by atoms with van der Waals surface area (Å²) in [5.41, 5.74) is 0.240. The van der Waals surface area contributed by atoms with E-state index in [0.29, 0.717) is 11.4 Å². The first kappa shape index (κ1) is 25.1. The average molecular weight is 503 g/mol. The zero-order chi connectivity index (χ0) is 25.4. The first-order valence-electron chi connectivity index (χ1n) is 9.70. The van der Waals surface area contributed by atoms with Crippen molar-refractivity contribution in [3.05, 3.63) is 51.7 Å². The number of alkyl halides is 3. The van der Waals surface area contributed by atoms with Crippen molar-refractivity contribution in [3.8, 4) is 17.0 Å². The molecule has 0 spiro atoms. The summed E-state index contributed by atoms with van der Waals surface area (Å²) in [6.45, 7) is 3.83. The Labute approximate surface area is 195 Å². The molecule has 182 valence electrons. The highest BCUT2D eigenvalue weighted by atomic mass is 35.5. The third kappa shape index (κ3) is 5.01. The lowest BCUT2D eigenvalue weighted by Gasteiger charge is -2.20. The molecule has 3 rings (SSSR count). The number of anilines is 1. The Kier molecular flexibility index (Phi) is 6.92. The van der Waals surface area contributed by atoms with E-state index in [1.807, 2.05) is 0 Å². The maximum atomic E-state index is 15.1. The van der Waals surface area contributed by atoms with Crippen molar-refractivity contribution in [2.45, 2.75) is 33.1 Å². The lowest BCUT2D eigenvalue weighted by Crippen LogP contribution is -2.32. The zero-order valence-corrected chi connectivity index (χ0v) is 19.0. The zero-order valence-electron chi connectivity index (χ0n) is 18.3. The second-order valence-electron chi connectivity index (χ2n) is 7.31. The monoisotopic (exact) mass is 502 g/mol. The lowest BCUT2D eigenvalue weighted by molar-refractivity contribution is -0.189. The number of aromatic amines is 2. The summed E-state index contributed by atoms with van der Waals surface area (Å²) in [4.78, 5) is 27.5. The van der Waals surface area contributed by atoms with Gasteiger partial charge < -0.3 is 19.8 Å². The highest BCUT2D eigenvalue weighted by Gasteiger charge is 2.39. The molecule has 3 aromatic rings. The Morgan fingerprint density at radius 3 is 2.38 bits per heavy atom. The van der Waals surface area contributed by atoms with Gasteiger partial charge in [-0.15, -0.1) is 0 Å². The minimum atomic E-state index is -4.76. The molecule has 0 fully saturated rings. The average Bonchev–Trinajstić information content (AvgIpc) is 3.30. The molecule has 1 atom stereocenters. The van der Waals surface area contributed by atoms with Gasteiger partial charge in [-0.25, -0.2) is 9.18 Å². The molecular formula is C21H19ClF4N4O4. The maximum absolute atomic E-state index is 15.1. The minimum Gasteiger partial charge on any atom is -0.480 e. The fourth-order valence-corrected chi connectivity index (χ4v) is 3.27. The summed E-state index contributed by atoms with van der Waals surface area (Å²) in [6, 6.07) is 2.97. The van der Waals surface area contributed by atoms with Crippen molar-refractivity contribution < 1.29 is 36.6 Å². The van der Waals surface area contributed by atoms with Crippen LogP contribution >= 0.6 is 11.6 Å². The van der Waals surface area contributed by atoms with Gasteiger partial charge in [-0.05, 0) is 39.0 Å². The van der Waals surface area contributed by atoms with Gasteiger partial charge in [0.25, 0.3) is 5.91 Å². The van der Waals surface area contributed by atoms with Crippen LogP contribution in [0.2, 0.25) is 5.15 Å². The molecule has 0 aliphatic rings. The molecule has 34 heavy (non-hydrogen) atoms. The van der Waals surface area contributed by atoms with E-state index in [-0.39, 0.29) is 27.7 Å². The molecule has 2 heterocycles. The smallest absolute Gasteiger partial charge is 0.425 e. The number of hydrogen-bond donors (Lipinski definition) is 3. The van der Waals surface area contributed by atoms with Gasteiger partial charge in [0, 0.05) is 17.0 Å². The van der Waals surface area contributed by atoms with E-state index >= 15 is 4.39 Å². The van der Waals surface area contributed by atoms with Crippen molar-refractivity contribution >= 4 is 29.2 Å². The highest BCUT2D eigenvalue weighted by Crippen LogP contribution is 2.35. The number of carbonyl (C=O) groups is 2. The molecule has 0 bridgehead atoms. The molecule has 0 radical (unpaired) electrons. The highest BCUT2D eigenvalue weighted by molar-refractivity contribution is 6.33. The molecule has 8 nitrogen and oxygen atoms in total. The molecule has 1 amide bonds. The van der Waals surface area contributed by atoms with E-state index < -0.39 is 41.3 Å². The van der Waals surface area contributed by atoms with Crippen LogP contribution < -0.4 is 10.1 Å². The van der Waals surface area contributed by atoms with E-state index in [9.17, 15) is 22.8 Å². The maximum Gasteiger partial charge on any atom is 0.425 e. The van der Waals surface area contributed by atoms with Crippen LogP contribution in [0.25, 0.3) is 11.3 Å². The Bertz CT molecular complexity index is 1230. The molecular weight excluding hydrogens is 484 g/mol. The number of aryl methyl sites for hydroxylation is 2. The molecule has 13 heteroatoms. The minimum absolute atomic E-state index is 0.0700. The van der Waals surface area contributed by atoms with Crippen molar-refractivity contribution in [2.24, 2.45) is 0 Å². The number of halogens is 5. The molecule has 3 N–H and O–H groups in total. The van der Waals surface area contributed by atoms with Crippen LogP contribution in [0.5, 0.6) is 5.75 Å².